The van der Waals surface area contributed by atoms with Gasteiger partial charge in [-0.2, -0.15) is 0 Å². The highest BCUT2D eigenvalue weighted by atomic mass is 19.1. The highest BCUT2D eigenvalue weighted by Gasteiger charge is 2.09. The van der Waals surface area contributed by atoms with Crippen molar-refractivity contribution in [3.8, 4) is 33.8 Å². The molecular formula is C24H25FO4. The maximum absolute atomic E-state index is 14.8. The van der Waals surface area contributed by atoms with Crippen LogP contribution in [0.15, 0.2) is 66.7 Å². The van der Waals surface area contributed by atoms with Gasteiger partial charge in [0, 0.05) is 5.56 Å². The Kier molecular flexibility index (Phi) is 6.86. The Morgan fingerprint density at radius 2 is 1.14 bits per heavy atom. The standard InChI is InChI=1S/C24H25FO4/c1-16(14-26)28-21-8-3-18(4-9-21)20-7-12-23(24(25)13-20)19-5-10-22(11-6-19)29-17(2)15-27/h3-13,16-17,26-27H,14-15H2,1-2H3/t16-,17+/m0/s1. The number of halogens is 1. The molecule has 0 aromatic heterocycles. The summed E-state index contributed by atoms with van der Waals surface area (Å²) in [6.45, 7) is 3.44. The fourth-order valence-electron chi connectivity index (χ4n) is 2.91. The Labute approximate surface area is 170 Å². The summed E-state index contributed by atoms with van der Waals surface area (Å²) in [6.07, 6.45) is -0.568. The minimum atomic E-state index is -0.311. The number of ether oxygens (including phenoxy) is 2. The molecule has 0 saturated heterocycles. The fourth-order valence-corrected chi connectivity index (χ4v) is 2.91. The van der Waals surface area contributed by atoms with Gasteiger partial charge in [0.15, 0.2) is 0 Å². The zero-order valence-electron chi connectivity index (χ0n) is 16.5. The first-order valence-electron chi connectivity index (χ1n) is 9.55. The van der Waals surface area contributed by atoms with E-state index in [0.717, 1.165) is 16.7 Å². The molecular weight excluding hydrogens is 371 g/mol. The van der Waals surface area contributed by atoms with E-state index >= 15 is 0 Å². The van der Waals surface area contributed by atoms with Crippen LogP contribution in [0.1, 0.15) is 13.8 Å². The molecule has 0 radical (unpaired) electrons. The molecule has 3 aromatic carbocycles. The predicted molar refractivity (Wildman–Crippen MR) is 112 cm³/mol. The highest BCUT2D eigenvalue weighted by molar-refractivity contribution is 5.71. The van der Waals surface area contributed by atoms with E-state index in [4.69, 9.17) is 19.7 Å². The number of aliphatic hydroxyl groups excluding tert-OH is 2. The molecule has 0 fully saturated rings. The second-order valence-electron chi connectivity index (χ2n) is 6.97. The second-order valence-corrected chi connectivity index (χ2v) is 6.97. The molecule has 0 aliphatic rings. The Morgan fingerprint density at radius 1 is 0.690 bits per heavy atom. The van der Waals surface area contributed by atoms with E-state index in [1.807, 2.05) is 18.2 Å². The van der Waals surface area contributed by atoms with Crippen molar-refractivity contribution >= 4 is 0 Å². The van der Waals surface area contributed by atoms with Gasteiger partial charge in [0.05, 0.1) is 13.2 Å². The van der Waals surface area contributed by atoms with Crippen LogP contribution in [0.2, 0.25) is 0 Å². The van der Waals surface area contributed by atoms with Gasteiger partial charge in [-0.15, -0.1) is 0 Å². The van der Waals surface area contributed by atoms with Crippen molar-refractivity contribution in [3.63, 3.8) is 0 Å². The summed E-state index contributed by atoms with van der Waals surface area (Å²) in [7, 11) is 0. The van der Waals surface area contributed by atoms with Gasteiger partial charge in [0.25, 0.3) is 0 Å². The van der Waals surface area contributed by atoms with Gasteiger partial charge in [0.2, 0.25) is 0 Å². The highest BCUT2D eigenvalue weighted by Crippen LogP contribution is 2.30. The quantitative estimate of drug-likeness (QED) is 0.581. The van der Waals surface area contributed by atoms with E-state index in [1.165, 1.54) is 6.07 Å². The van der Waals surface area contributed by atoms with E-state index in [-0.39, 0.29) is 31.2 Å². The van der Waals surface area contributed by atoms with Gasteiger partial charge >= 0.3 is 0 Å². The Balaban J connectivity index is 1.76. The van der Waals surface area contributed by atoms with Gasteiger partial charge in [-0.3, -0.25) is 0 Å². The number of benzene rings is 3. The lowest BCUT2D eigenvalue weighted by molar-refractivity contribution is 0.130. The van der Waals surface area contributed by atoms with Crippen molar-refractivity contribution < 1.29 is 24.1 Å². The van der Waals surface area contributed by atoms with E-state index in [2.05, 4.69) is 0 Å². The van der Waals surface area contributed by atoms with Crippen molar-refractivity contribution in [1.29, 1.82) is 0 Å². The topological polar surface area (TPSA) is 58.9 Å². The van der Waals surface area contributed by atoms with Gasteiger partial charge in [-0.1, -0.05) is 36.4 Å². The van der Waals surface area contributed by atoms with Crippen LogP contribution in [-0.2, 0) is 0 Å². The van der Waals surface area contributed by atoms with E-state index in [0.29, 0.717) is 17.1 Å². The van der Waals surface area contributed by atoms with Crippen LogP contribution < -0.4 is 9.47 Å². The largest absolute Gasteiger partial charge is 0.488 e. The number of hydrogen-bond acceptors (Lipinski definition) is 4. The minimum absolute atomic E-state index is 0.0536. The fraction of sp³-hybridized carbons (Fsp3) is 0.250. The molecule has 4 nitrogen and oxygen atoms in total. The summed E-state index contributed by atoms with van der Waals surface area (Å²) in [5, 5.41) is 18.1. The zero-order valence-corrected chi connectivity index (χ0v) is 16.5. The van der Waals surface area contributed by atoms with E-state index in [9.17, 15) is 4.39 Å². The molecule has 0 aliphatic heterocycles. The maximum Gasteiger partial charge on any atom is 0.131 e. The molecule has 2 N–H and O–H groups in total. The normalized spacial score (nSPS) is 13.0. The molecule has 0 spiro atoms. The SMILES string of the molecule is C[C@H](CO)Oc1ccc(-c2ccc(-c3ccc(O[C@@H](C)CO)cc3)cc2F)cc1. The van der Waals surface area contributed by atoms with Crippen LogP contribution in [0, 0.1) is 5.82 Å². The third-order valence-corrected chi connectivity index (χ3v) is 4.51. The summed E-state index contributed by atoms with van der Waals surface area (Å²) in [5.41, 5.74) is 2.90. The lowest BCUT2D eigenvalue weighted by atomic mass is 9.99. The first-order chi connectivity index (χ1) is 14.0. The Bertz CT molecular complexity index is 923. The molecule has 5 heteroatoms. The minimum Gasteiger partial charge on any atom is -0.488 e. The van der Waals surface area contributed by atoms with Crippen LogP contribution in [-0.4, -0.2) is 35.6 Å². The average Bonchev–Trinajstić information content (AvgIpc) is 2.74. The van der Waals surface area contributed by atoms with Crippen LogP contribution >= 0.6 is 0 Å². The van der Waals surface area contributed by atoms with Gasteiger partial charge in [-0.25, -0.2) is 4.39 Å². The summed E-state index contributed by atoms with van der Waals surface area (Å²) in [5.74, 6) is 0.976. The molecule has 0 saturated carbocycles. The smallest absolute Gasteiger partial charge is 0.131 e. The molecule has 0 bridgehead atoms. The van der Waals surface area contributed by atoms with Crippen LogP contribution in [0.4, 0.5) is 4.39 Å². The second kappa shape index (κ2) is 9.54. The first-order valence-corrected chi connectivity index (χ1v) is 9.55. The van der Waals surface area contributed by atoms with Crippen molar-refractivity contribution in [2.75, 3.05) is 13.2 Å². The third-order valence-electron chi connectivity index (χ3n) is 4.51. The Hall–Kier alpha value is -2.89. The van der Waals surface area contributed by atoms with Crippen molar-refractivity contribution in [3.05, 3.63) is 72.5 Å². The lowest BCUT2D eigenvalue weighted by Gasteiger charge is -2.13. The van der Waals surface area contributed by atoms with Crippen molar-refractivity contribution in [1.82, 2.24) is 0 Å². The van der Waals surface area contributed by atoms with E-state index in [1.54, 1.807) is 56.3 Å². The summed E-state index contributed by atoms with van der Waals surface area (Å²) in [4.78, 5) is 0. The first kappa shape index (κ1) is 20.8. The summed E-state index contributed by atoms with van der Waals surface area (Å²) < 4.78 is 25.8. The molecule has 2 atom stereocenters. The zero-order chi connectivity index (χ0) is 20.8. The molecule has 152 valence electrons. The molecule has 29 heavy (non-hydrogen) atoms. The van der Waals surface area contributed by atoms with Crippen LogP contribution in [0.25, 0.3) is 22.3 Å². The molecule has 0 amide bonds. The number of aliphatic hydroxyl groups is 2. The maximum atomic E-state index is 14.8. The molecule has 0 aliphatic carbocycles. The Morgan fingerprint density at radius 3 is 1.59 bits per heavy atom. The number of hydrogen-bond donors (Lipinski definition) is 2. The predicted octanol–water partition coefficient (Wildman–Crippen LogP) is 4.68. The monoisotopic (exact) mass is 396 g/mol. The molecule has 3 rings (SSSR count). The van der Waals surface area contributed by atoms with Crippen LogP contribution in [0.5, 0.6) is 11.5 Å². The van der Waals surface area contributed by atoms with Gasteiger partial charge in [-0.05, 0) is 60.9 Å². The lowest BCUT2D eigenvalue weighted by Crippen LogP contribution is -2.15. The van der Waals surface area contributed by atoms with Crippen molar-refractivity contribution in [2.24, 2.45) is 0 Å². The molecule has 0 unspecified atom stereocenters. The molecule has 3 aromatic rings. The summed E-state index contributed by atoms with van der Waals surface area (Å²) >= 11 is 0. The third kappa shape index (κ3) is 5.34. The average molecular weight is 396 g/mol. The van der Waals surface area contributed by atoms with E-state index < -0.39 is 0 Å². The number of rotatable bonds is 8. The van der Waals surface area contributed by atoms with Gasteiger partial charge < -0.3 is 19.7 Å². The summed E-state index contributed by atoms with van der Waals surface area (Å²) in [6, 6.07) is 19.6. The molecule has 0 heterocycles. The van der Waals surface area contributed by atoms with Crippen molar-refractivity contribution in [2.45, 2.75) is 26.1 Å². The van der Waals surface area contributed by atoms with Gasteiger partial charge in [0.1, 0.15) is 29.5 Å². The van der Waals surface area contributed by atoms with Crippen LogP contribution in [0.3, 0.4) is 0 Å².